The van der Waals surface area contributed by atoms with E-state index in [2.05, 4.69) is 15.6 Å². The molecule has 0 unspecified atom stereocenters. The first-order valence-corrected chi connectivity index (χ1v) is 14.7. The van der Waals surface area contributed by atoms with Crippen molar-refractivity contribution >= 4 is 34.5 Å². The Morgan fingerprint density at radius 2 is 2.05 bits per heavy atom. The largest absolute Gasteiger partial charge is 0.493 e. The van der Waals surface area contributed by atoms with Gasteiger partial charge in [-0.05, 0) is 66.2 Å². The van der Waals surface area contributed by atoms with Gasteiger partial charge >= 0.3 is 11.7 Å². The third-order valence-corrected chi connectivity index (χ3v) is 7.53. The van der Waals surface area contributed by atoms with Crippen molar-refractivity contribution in [1.29, 1.82) is 0 Å². The lowest BCUT2D eigenvalue weighted by Gasteiger charge is -2.24. The standard InChI is InChI=1S/C28H42N4O6S/c1-7-9-21(22-14-20(15-23(33)37-22)36-16-19-10-11-19)31-25(34)28(6)17-39-24(32-28)18(2)29-12-8-13-30-26(35)38-27(3,4)5/h14-15,19,21H,7-13,16-17H2,1-6H3,(H,30,35)(H,31,34)/t21-,28+/m1/s1. The highest BCUT2D eigenvalue weighted by atomic mass is 32.2. The highest BCUT2D eigenvalue weighted by Gasteiger charge is 2.40. The van der Waals surface area contributed by atoms with Gasteiger partial charge in [-0.3, -0.25) is 14.8 Å². The maximum Gasteiger partial charge on any atom is 0.407 e. The molecule has 1 aromatic heterocycles. The SMILES string of the molecule is CCC[C@@H](NC(=O)[C@]1(C)CSC(C(C)=NCCCNC(=O)OC(C)(C)C)=N1)c1cc(OCC2CC2)cc(=O)o1. The average molecular weight is 563 g/mol. The molecule has 2 N–H and O–H groups in total. The highest BCUT2D eigenvalue weighted by Crippen LogP contribution is 2.32. The monoisotopic (exact) mass is 562 g/mol. The fraction of sp³-hybridized carbons (Fsp3) is 0.679. The number of rotatable bonds is 13. The van der Waals surface area contributed by atoms with Crippen LogP contribution >= 0.6 is 11.8 Å². The van der Waals surface area contributed by atoms with Gasteiger partial charge in [0.15, 0.2) is 0 Å². The van der Waals surface area contributed by atoms with Gasteiger partial charge in [-0.2, -0.15) is 0 Å². The number of carbonyl (C=O) groups excluding carboxylic acids is 2. The van der Waals surface area contributed by atoms with Crippen LogP contribution in [0.4, 0.5) is 4.79 Å². The quantitative estimate of drug-likeness (QED) is 0.264. The van der Waals surface area contributed by atoms with Gasteiger partial charge in [-0.25, -0.2) is 9.59 Å². The number of nitrogens with zero attached hydrogens (tertiary/aromatic N) is 2. The maximum absolute atomic E-state index is 13.4. The van der Waals surface area contributed by atoms with Gasteiger partial charge in [0, 0.05) is 24.9 Å². The molecule has 3 rings (SSSR count). The molecule has 1 fully saturated rings. The zero-order valence-electron chi connectivity index (χ0n) is 23.9. The van der Waals surface area contributed by atoms with Crippen molar-refractivity contribution in [3.8, 4) is 5.75 Å². The van der Waals surface area contributed by atoms with Crippen LogP contribution in [0.25, 0.3) is 0 Å². The molecule has 0 spiro atoms. The van der Waals surface area contributed by atoms with Gasteiger partial charge in [-0.15, -0.1) is 11.8 Å². The molecule has 216 valence electrons. The lowest BCUT2D eigenvalue weighted by atomic mass is 10.0. The Kier molecular flexibility index (Phi) is 10.6. The van der Waals surface area contributed by atoms with Crippen molar-refractivity contribution in [3.63, 3.8) is 0 Å². The first-order valence-electron chi connectivity index (χ1n) is 13.7. The molecule has 11 heteroatoms. The van der Waals surface area contributed by atoms with Crippen LogP contribution in [0, 0.1) is 5.92 Å². The molecule has 0 saturated heterocycles. The zero-order valence-corrected chi connectivity index (χ0v) is 24.7. The van der Waals surface area contributed by atoms with Crippen LogP contribution in [-0.4, -0.2) is 59.3 Å². The normalized spacial score (nSPS) is 20.3. The zero-order chi connectivity index (χ0) is 28.6. The summed E-state index contributed by atoms with van der Waals surface area (Å²) >= 11 is 1.49. The van der Waals surface area contributed by atoms with Crippen LogP contribution in [0.15, 0.2) is 31.3 Å². The van der Waals surface area contributed by atoms with Crippen molar-refractivity contribution in [1.82, 2.24) is 10.6 Å². The lowest BCUT2D eigenvalue weighted by Crippen LogP contribution is -2.45. The Morgan fingerprint density at radius 3 is 2.72 bits per heavy atom. The van der Waals surface area contributed by atoms with E-state index in [1.165, 1.54) is 17.8 Å². The molecule has 2 atom stereocenters. The molecule has 0 bridgehead atoms. The van der Waals surface area contributed by atoms with Crippen LogP contribution in [0.2, 0.25) is 0 Å². The van der Waals surface area contributed by atoms with Crippen LogP contribution in [0.1, 0.15) is 85.4 Å². The van der Waals surface area contributed by atoms with E-state index in [-0.39, 0.29) is 5.91 Å². The van der Waals surface area contributed by atoms with Crippen LogP contribution in [0.5, 0.6) is 5.75 Å². The molecule has 2 aliphatic rings. The molecule has 10 nitrogen and oxygen atoms in total. The fourth-order valence-corrected chi connectivity index (χ4v) is 4.96. The van der Waals surface area contributed by atoms with Crippen LogP contribution < -0.4 is 21.0 Å². The Labute approximate surface area is 234 Å². The minimum absolute atomic E-state index is 0.232. The molecule has 1 aromatic rings. The predicted octanol–water partition coefficient (Wildman–Crippen LogP) is 4.67. The number of nitrogens with one attached hydrogen (secondary N) is 2. The maximum atomic E-state index is 13.4. The summed E-state index contributed by atoms with van der Waals surface area (Å²) in [5.74, 6) is 1.66. The third kappa shape index (κ3) is 10.0. The highest BCUT2D eigenvalue weighted by molar-refractivity contribution is 8.16. The van der Waals surface area contributed by atoms with Gasteiger partial charge in [0.05, 0.1) is 24.4 Å². The van der Waals surface area contributed by atoms with E-state index in [1.54, 1.807) is 13.0 Å². The van der Waals surface area contributed by atoms with Crippen molar-refractivity contribution in [2.75, 3.05) is 25.4 Å². The summed E-state index contributed by atoms with van der Waals surface area (Å²) in [7, 11) is 0. The number of hydrogen-bond acceptors (Lipinski definition) is 9. The Balaban J connectivity index is 1.57. The van der Waals surface area contributed by atoms with E-state index in [1.807, 2.05) is 34.6 Å². The van der Waals surface area contributed by atoms with E-state index in [0.717, 1.165) is 30.0 Å². The topological polar surface area (TPSA) is 132 Å². The van der Waals surface area contributed by atoms with Crippen molar-refractivity contribution in [2.45, 2.75) is 90.8 Å². The fourth-order valence-electron chi connectivity index (χ4n) is 3.81. The Bertz CT molecular complexity index is 1140. The molecular weight excluding hydrogens is 520 g/mol. The van der Waals surface area contributed by atoms with Crippen molar-refractivity contribution < 1.29 is 23.5 Å². The molecule has 2 amide bonds. The predicted molar refractivity (Wildman–Crippen MR) is 154 cm³/mol. The van der Waals surface area contributed by atoms with Crippen molar-refractivity contribution in [3.05, 3.63) is 28.3 Å². The second kappa shape index (κ2) is 13.5. The number of amides is 2. The van der Waals surface area contributed by atoms with E-state index in [9.17, 15) is 14.4 Å². The molecule has 1 aliphatic carbocycles. The van der Waals surface area contributed by atoms with Crippen molar-refractivity contribution in [2.24, 2.45) is 15.9 Å². The second-order valence-corrected chi connectivity index (χ2v) is 12.3. The summed E-state index contributed by atoms with van der Waals surface area (Å²) in [6, 6.07) is 2.59. The number of aliphatic imine (C=N–C) groups is 2. The molecule has 2 heterocycles. The van der Waals surface area contributed by atoms with E-state index >= 15 is 0 Å². The first-order chi connectivity index (χ1) is 18.4. The molecule has 0 aromatic carbocycles. The van der Waals surface area contributed by atoms with Crippen LogP contribution in [-0.2, 0) is 9.53 Å². The minimum atomic E-state index is -0.971. The molecule has 1 aliphatic heterocycles. The van der Waals surface area contributed by atoms with Gasteiger partial charge in [0.1, 0.15) is 27.7 Å². The van der Waals surface area contributed by atoms with Gasteiger partial charge in [-0.1, -0.05) is 13.3 Å². The van der Waals surface area contributed by atoms with E-state index in [4.69, 9.17) is 18.9 Å². The lowest BCUT2D eigenvalue weighted by molar-refractivity contribution is -0.125. The summed E-state index contributed by atoms with van der Waals surface area (Å²) in [5.41, 5.74) is -1.25. The summed E-state index contributed by atoms with van der Waals surface area (Å²) in [4.78, 5) is 46.6. The number of hydrogen-bond donors (Lipinski definition) is 2. The summed E-state index contributed by atoms with van der Waals surface area (Å²) in [5, 5.41) is 6.50. The molecule has 1 saturated carbocycles. The van der Waals surface area contributed by atoms with Gasteiger partial charge in [0.25, 0.3) is 0 Å². The second-order valence-electron chi connectivity index (χ2n) is 11.3. The van der Waals surface area contributed by atoms with Gasteiger partial charge in [0.2, 0.25) is 5.91 Å². The third-order valence-electron chi connectivity index (χ3n) is 6.16. The summed E-state index contributed by atoms with van der Waals surface area (Å²) in [6.07, 6.45) is 3.90. The van der Waals surface area contributed by atoms with Crippen LogP contribution in [0.3, 0.4) is 0 Å². The molecule has 39 heavy (non-hydrogen) atoms. The first kappa shape index (κ1) is 30.7. The Morgan fingerprint density at radius 1 is 1.31 bits per heavy atom. The average Bonchev–Trinajstić information content (AvgIpc) is 3.59. The smallest absolute Gasteiger partial charge is 0.407 e. The number of ether oxygens (including phenoxy) is 2. The number of carbonyl (C=O) groups is 2. The van der Waals surface area contributed by atoms with E-state index < -0.39 is 28.9 Å². The van der Waals surface area contributed by atoms with Gasteiger partial charge < -0.3 is 24.5 Å². The summed E-state index contributed by atoms with van der Waals surface area (Å²) in [6.45, 7) is 12.7. The number of thioether (sulfide) groups is 1. The minimum Gasteiger partial charge on any atom is -0.493 e. The Hall–Kier alpha value is -2.82. The molecular formula is C28H42N4O6S. The number of alkyl carbamates (subject to hydrolysis) is 1. The van der Waals surface area contributed by atoms with E-state index in [0.29, 0.717) is 55.7 Å². The summed E-state index contributed by atoms with van der Waals surface area (Å²) < 4.78 is 16.5. The molecule has 0 radical (unpaired) electrons.